The summed E-state index contributed by atoms with van der Waals surface area (Å²) in [5.74, 6) is 0. The molecule has 1 heteroatoms. The van der Waals surface area contributed by atoms with Crippen LogP contribution in [0.15, 0.2) is 24.0 Å². The summed E-state index contributed by atoms with van der Waals surface area (Å²) in [5, 5.41) is 0. The van der Waals surface area contributed by atoms with Gasteiger partial charge in [0.25, 0.3) is 0 Å². The van der Waals surface area contributed by atoms with Gasteiger partial charge in [-0.2, -0.15) is 0 Å². The van der Waals surface area contributed by atoms with Gasteiger partial charge in [-0.1, -0.05) is 33.1 Å². The van der Waals surface area contributed by atoms with Crippen LogP contribution in [0.3, 0.4) is 0 Å². The first-order valence-corrected chi connectivity index (χ1v) is 6.97. The molecule has 0 saturated heterocycles. The number of hydrogen-bond acceptors (Lipinski definition) is 0. The van der Waals surface area contributed by atoms with Crippen LogP contribution < -0.4 is 0 Å². The highest BCUT2D eigenvalue weighted by molar-refractivity contribution is 5.16. The maximum Gasteiger partial charge on any atom is 0.104 e. The zero-order valence-corrected chi connectivity index (χ0v) is 11.3. The molecular formula is C15H28N+. The van der Waals surface area contributed by atoms with Gasteiger partial charge >= 0.3 is 0 Å². The van der Waals surface area contributed by atoms with Crippen LogP contribution in [0.2, 0.25) is 0 Å². The molecule has 0 saturated carbocycles. The molecule has 0 aromatic carbocycles. The highest BCUT2D eigenvalue weighted by Crippen LogP contribution is 2.23. The van der Waals surface area contributed by atoms with E-state index in [9.17, 15) is 0 Å². The second-order valence-corrected chi connectivity index (χ2v) is 5.15. The summed E-state index contributed by atoms with van der Waals surface area (Å²) in [6, 6.07) is 0. The lowest BCUT2D eigenvalue weighted by Crippen LogP contribution is -2.37. The first-order chi connectivity index (χ1) is 7.72. The maximum absolute atomic E-state index is 2.45. The Morgan fingerprint density at radius 2 is 1.62 bits per heavy atom. The van der Waals surface area contributed by atoms with Gasteiger partial charge in [0.1, 0.15) is 12.4 Å². The monoisotopic (exact) mass is 222 g/mol. The Morgan fingerprint density at radius 3 is 2.19 bits per heavy atom. The molecule has 1 aliphatic heterocycles. The standard InChI is InChI=1S/C15H28N/c1-4-6-8-9-12-16(11-7-5-2)13-10-15(3)14-16/h10,13-14H,4-9,11-12H2,1-3H3/q+1. The first kappa shape index (κ1) is 13.5. The van der Waals surface area contributed by atoms with E-state index < -0.39 is 0 Å². The number of hydrogen-bond donors (Lipinski definition) is 0. The lowest BCUT2D eigenvalue weighted by atomic mass is 10.2. The highest BCUT2D eigenvalue weighted by atomic mass is 15.3. The van der Waals surface area contributed by atoms with Crippen LogP contribution >= 0.6 is 0 Å². The van der Waals surface area contributed by atoms with Crippen LogP contribution in [0, 0.1) is 0 Å². The fourth-order valence-corrected chi connectivity index (χ4v) is 2.43. The molecule has 0 aliphatic carbocycles. The first-order valence-electron chi connectivity index (χ1n) is 6.97. The average molecular weight is 222 g/mol. The van der Waals surface area contributed by atoms with Gasteiger partial charge < -0.3 is 0 Å². The summed E-state index contributed by atoms with van der Waals surface area (Å²) < 4.78 is 1.11. The van der Waals surface area contributed by atoms with Crippen LogP contribution in [0.25, 0.3) is 0 Å². The van der Waals surface area contributed by atoms with Crippen LogP contribution in [0.5, 0.6) is 0 Å². The van der Waals surface area contributed by atoms with Crippen LogP contribution in [-0.4, -0.2) is 17.6 Å². The fourth-order valence-electron chi connectivity index (χ4n) is 2.43. The second-order valence-electron chi connectivity index (χ2n) is 5.15. The van der Waals surface area contributed by atoms with Crippen molar-refractivity contribution in [2.45, 2.75) is 59.3 Å². The largest absolute Gasteiger partial charge is 0.271 e. The molecule has 0 fully saturated rings. The van der Waals surface area contributed by atoms with Crippen molar-refractivity contribution in [3.8, 4) is 0 Å². The van der Waals surface area contributed by atoms with Gasteiger partial charge in [-0.05, 0) is 32.3 Å². The van der Waals surface area contributed by atoms with Crippen molar-refractivity contribution in [1.29, 1.82) is 0 Å². The molecule has 0 aromatic heterocycles. The van der Waals surface area contributed by atoms with E-state index >= 15 is 0 Å². The normalized spacial score (nSPS) is 23.8. The van der Waals surface area contributed by atoms with Gasteiger partial charge in [0.2, 0.25) is 0 Å². The van der Waals surface area contributed by atoms with Crippen molar-refractivity contribution in [3.63, 3.8) is 0 Å². The molecule has 0 amide bonds. The molecule has 16 heavy (non-hydrogen) atoms. The van der Waals surface area contributed by atoms with Crippen molar-refractivity contribution in [1.82, 2.24) is 0 Å². The van der Waals surface area contributed by atoms with Crippen molar-refractivity contribution < 1.29 is 4.48 Å². The van der Waals surface area contributed by atoms with Gasteiger partial charge in [0, 0.05) is 5.57 Å². The summed E-state index contributed by atoms with van der Waals surface area (Å²) in [6.45, 7) is 9.37. The van der Waals surface area contributed by atoms with E-state index in [1.807, 2.05) is 0 Å². The third-order valence-electron chi connectivity index (χ3n) is 3.45. The molecule has 1 aliphatic rings. The molecule has 0 bridgehead atoms. The van der Waals surface area contributed by atoms with Gasteiger partial charge in [-0.15, -0.1) is 0 Å². The van der Waals surface area contributed by atoms with E-state index in [1.165, 1.54) is 57.2 Å². The van der Waals surface area contributed by atoms with E-state index in [-0.39, 0.29) is 0 Å². The summed E-state index contributed by atoms with van der Waals surface area (Å²) >= 11 is 0. The Morgan fingerprint density at radius 1 is 0.938 bits per heavy atom. The minimum atomic E-state index is 1.11. The van der Waals surface area contributed by atoms with Crippen LogP contribution in [-0.2, 0) is 0 Å². The molecular weight excluding hydrogens is 194 g/mol. The molecule has 1 unspecified atom stereocenters. The van der Waals surface area contributed by atoms with E-state index in [4.69, 9.17) is 0 Å². The zero-order valence-electron chi connectivity index (χ0n) is 11.3. The lowest BCUT2D eigenvalue weighted by Gasteiger charge is -2.29. The molecule has 0 aromatic rings. The number of nitrogens with zero attached hydrogens (tertiary/aromatic N) is 1. The lowest BCUT2D eigenvalue weighted by molar-refractivity contribution is -0.826. The Labute approximate surface area is 101 Å². The molecule has 0 radical (unpaired) electrons. The molecule has 1 atom stereocenters. The van der Waals surface area contributed by atoms with E-state index in [0.717, 1.165) is 4.48 Å². The zero-order chi connectivity index (χ0) is 11.9. The summed E-state index contributed by atoms with van der Waals surface area (Å²) in [5.41, 5.74) is 1.44. The Kier molecular flexibility index (Phi) is 5.83. The molecule has 92 valence electrons. The van der Waals surface area contributed by atoms with Gasteiger partial charge in [0.15, 0.2) is 0 Å². The van der Waals surface area contributed by atoms with E-state index in [1.54, 1.807) is 0 Å². The van der Waals surface area contributed by atoms with E-state index in [0.29, 0.717) is 0 Å². The summed E-state index contributed by atoms with van der Waals surface area (Å²) in [7, 11) is 0. The number of allylic oxidation sites excluding steroid dienone is 2. The molecule has 0 spiro atoms. The Hall–Kier alpha value is -0.560. The van der Waals surface area contributed by atoms with Crippen molar-refractivity contribution in [3.05, 3.63) is 24.0 Å². The minimum Gasteiger partial charge on any atom is -0.271 e. The van der Waals surface area contributed by atoms with Crippen molar-refractivity contribution in [2.75, 3.05) is 13.1 Å². The summed E-state index contributed by atoms with van der Waals surface area (Å²) in [4.78, 5) is 0. The molecule has 1 heterocycles. The predicted molar refractivity (Wildman–Crippen MR) is 71.9 cm³/mol. The average Bonchev–Trinajstić information content (AvgIpc) is 2.65. The third-order valence-corrected chi connectivity index (χ3v) is 3.45. The van der Waals surface area contributed by atoms with Gasteiger partial charge in [-0.25, -0.2) is 0 Å². The minimum absolute atomic E-state index is 1.11. The fraction of sp³-hybridized carbons (Fsp3) is 0.733. The summed E-state index contributed by atoms with van der Waals surface area (Å²) in [6.07, 6.45) is 15.3. The Balaban J connectivity index is 2.43. The number of unbranched alkanes of at least 4 members (excludes halogenated alkanes) is 4. The topological polar surface area (TPSA) is 0 Å². The second kappa shape index (κ2) is 6.90. The van der Waals surface area contributed by atoms with Gasteiger partial charge in [-0.3, -0.25) is 4.48 Å². The van der Waals surface area contributed by atoms with Crippen molar-refractivity contribution in [2.24, 2.45) is 0 Å². The number of rotatable bonds is 8. The third kappa shape index (κ3) is 4.13. The van der Waals surface area contributed by atoms with Gasteiger partial charge in [0.05, 0.1) is 13.1 Å². The molecule has 1 nitrogen and oxygen atoms in total. The van der Waals surface area contributed by atoms with Crippen molar-refractivity contribution >= 4 is 0 Å². The maximum atomic E-state index is 2.45. The SMILES string of the molecule is CCCCCC[N+]1(CCCC)C=CC(C)=C1. The molecule has 1 rings (SSSR count). The predicted octanol–water partition coefficient (Wildman–Crippen LogP) is 4.61. The molecule has 0 N–H and O–H groups in total. The van der Waals surface area contributed by atoms with Crippen LogP contribution in [0.4, 0.5) is 0 Å². The smallest absolute Gasteiger partial charge is 0.104 e. The van der Waals surface area contributed by atoms with E-state index in [2.05, 4.69) is 39.2 Å². The quantitative estimate of drug-likeness (QED) is 0.415. The number of quaternary nitrogens is 1. The van der Waals surface area contributed by atoms with Crippen LogP contribution in [0.1, 0.15) is 59.3 Å². The Bertz CT molecular complexity index is 252. The highest BCUT2D eigenvalue weighted by Gasteiger charge is 2.25.